The van der Waals surface area contributed by atoms with E-state index in [4.69, 9.17) is 0 Å². The molecule has 0 radical (unpaired) electrons. The summed E-state index contributed by atoms with van der Waals surface area (Å²) in [6.45, 7) is 14.5. The molecule has 1 fully saturated rings. The lowest BCUT2D eigenvalue weighted by atomic mass is 9.46. The Morgan fingerprint density at radius 1 is 1.14 bits per heavy atom. The molecular formula is C14H28. The van der Waals surface area contributed by atoms with Crippen LogP contribution in [0.15, 0.2) is 0 Å². The van der Waals surface area contributed by atoms with Crippen LogP contribution in [0.1, 0.15) is 60.8 Å². The molecular weight excluding hydrogens is 168 g/mol. The molecule has 0 heterocycles. The molecule has 3 unspecified atom stereocenters. The zero-order valence-electron chi connectivity index (χ0n) is 10.9. The molecule has 1 rings (SSSR count). The normalized spacial score (nSPS) is 44.6. The van der Waals surface area contributed by atoms with Crippen molar-refractivity contribution in [3.63, 3.8) is 0 Å². The molecule has 0 N–H and O–H groups in total. The van der Waals surface area contributed by atoms with Crippen LogP contribution in [0.25, 0.3) is 0 Å². The maximum Gasteiger partial charge on any atom is -0.0266 e. The van der Waals surface area contributed by atoms with Gasteiger partial charge in [0.05, 0.1) is 0 Å². The lowest BCUT2D eigenvalue weighted by Crippen LogP contribution is -2.52. The zero-order chi connectivity index (χ0) is 10.9. The van der Waals surface area contributed by atoms with E-state index in [9.17, 15) is 0 Å². The van der Waals surface area contributed by atoms with Crippen LogP contribution in [-0.2, 0) is 0 Å². The Morgan fingerprint density at radius 3 is 2.00 bits per heavy atom. The van der Waals surface area contributed by atoms with E-state index in [0.717, 1.165) is 23.7 Å². The summed E-state index contributed by atoms with van der Waals surface area (Å²) >= 11 is 0. The van der Waals surface area contributed by atoms with Gasteiger partial charge in [0.2, 0.25) is 0 Å². The van der Waals surface area contributed by atoms with Crippen LogP contribution in [-0.4, -0.2) is 0 Å². The van der Waals surface area contributed by atoms with Gasteiger partial charge < -0.3 is 0 Å². The summed E-state index contributed by atoms with van der Waals surface area (Å²) in [6, 6.07) is 0. The van der Waals surface area contributed by atoms with Gasteiger partial charge in [0.25, 0.3) is 0 Å². The largest absolute Gasteiger partial charge is 0.0651 e. The molecule has 0 aliphatic heterocycles. The van der Waals surface area contributed by atoms with Gasteiger partial charge in [-0.2, -0.15) is 0 Å². The summed E-state index contributed by atoms with van der Waals surface area (Å²) in [5.41, 5.74) is 0.635. The van der Waals surface area contributed by atoms with Crippen molar-refractivity contribution in [2.24, 2.45) is 29.1 Å². The van der Waals surface area contributed by atoms with Crippen LogP contribution in [0.3, 0.4) is 0 Å². The van der Waals surface area contributed by atoms with E-state index < -0.39 is 0 Å². The van der Waals surface area contributed by atoms with Crippen LogP contribution in [0.2, 0.25) is 0 Å². The average Bonchev–Trinajstić information content (AvgIpc) is 2.18. The molecule has 1 saturated carbocycles. The van der Waals surface area contributed by atoms with E-state index in [1.165, 1.54) is 19.3 Å². The van der Waals surface area contributed by atoms with Gasteiger partial charge in [-0.15, -0.1) is 0 Å². The molecule has 14 heavy (non-hydrogen) atoms. The molecule has 0 spiro atoms. The van der Waals surface area contributed by atoms with Crippen molar-refractivity contribution in [2.45, 2.75) is 60.8 Å². The molecule has 0 aromatic heterocycles. The predicted molar refractivity (Wildman–Crippen MR) is 64.3 cm³/mol. The first-order chi connectivity index (χ1) is 6.47. The number of rotatable bonds is 4. The summed E-state index contributed by atoms with van der Waals surface area (Å²) in [5, 5.41) is 0. The third-order valence-electron chi connectivity index (χ3n) is 5.32. The van der Waals surface area contributed by atoms with Crippen molar-refractivity contribution >= 4 is 0 Å². The lowest BCUT2D eigenvalue weighted by Gasteiger charge is -2.59. The summed E-state index contributed by atoms with van der Waals surface area (Å²) in [7, 11) is 0. The molecule has 0 bridgehead atoms. The molecule has 1 aliphatic carbocycles. The van der Waals surface area contributed by atoms with Crippen LogP contribution in [0.4, 0.5) is 0 Å². The third-order valence-corrected chi connectivity index (χ3v) is 5.32. The Balaban J connectivity index is 2.59. The quantitative estimate of drug-likeness (QED) is 0.609. The summed E-state index contributed by atoms with van der Waals surface area (Å²) in [4.78, 5) is 0. The van der Waals surface area contributed by atoms with Crippen molar-refractivity contribution in [3.05, 3.63) is 0 Å². The molecule has 0 aromatic rings. The number of hydrogen-bond donors (Lipinski definition) is 0. The first kappa shape index (κ1) is 12.1. The second-order valence-corrected chi connectivity index (χ2v) is 5.87. The first-order valence-corrected chi connectivity index (χ1v) is 6.47. The highest BCUT2D eigenvalue weighted by molar-refractivity contribution is 5.01. The third kappa shape index (κ3) is 1.73. The Morgan fingerprint density at radius 2 is 1.64 bits per heavy atom. The topological polar surface area (TPSA) is 0 Å². The van der Waals surface area contributed by atoms with E-state index in [1.54, 1.807) is 0 Å². The van der Waals surface area contributed by atoms with Crippen molar-refractivity contribution < 1.29 is 0 Å². The fraction of sp³-hybridized carbons (Fsp3) is 1.00. The van der Waals surface area contributed by atoms with Crippen molar-refractivity contribution in [1.29, 1.82) is 0 Å². The highest BCUT2D eigenvalue weighted by Gasteiger charge is 2.52. The minimum atomic E-state index is 0.635. The summed E-state index contributed by atoms with van der Waals surface area (Å²) < 4.78 is 0. The molecule has 84 valence electrons. The maximum absolute atomic E-state index is 2.51. The van der Waals surface area contributed by atoms with Gasteiger partial charge in [-0.1, -0.05) is 54.4 Å². The fourth-order valence-electron chi connectivity index (χ4n) is 3.68. The van der Waals surface area contributed by atoms with E-state index in [1.807, 2.05) is 0 Å². The molecule has 1 aliphatic rings. The Kier molecular flexibility index (Phi) is 3.66. The van der Waals surface area contributed by atoms with Gasteiger partial charge >= 0.3 is 0 Å². The Labute approximate surface area is 90.5 Å². The van der Waals surface area contributed by atoms with E-state index in [-0.39, 0.29) is 0 Å². The van der Waals surface area contributed by atoms with Crippen molar-refractivity contribution in [3.8, 4) is 0 Å². The van der Waals surface area contributed by atoms with Gasteiger partial charge in [-0.3, -0.25) is 0 Å². The zero-order valence-corrected chi connectivity index (χ0v) is 10.9. The average molecular weight is 196 g/mol. The van der Waals surface area contributed by atoms with E-state index in [2.05, 4.69) is 41.5 Å². The molecule has 0 aromatic carbocycles. The maximum atomic E-state index is 2.51. The van der Waals surface area contributed by atoms with Gasteiger partial charge in [0.1, 0.15) is 0 Å². The highest BCUT2D eigenvalue weighted by atomic mass is 14.6. The summed E-state index contributed by atoms with van der Waals surface area (Å²) in [5.74, 6) is 3.78. The Bertz CT molecular complexity index is 172. The fourth-order valence-corrected chi connectivity index (χ4v) is 3.68. The van der Waals surface area contributed by atoms with Crippen LogP contribution in [0.5, 0.6) is 0 Å². The molecule has 0 saturated heterocycles. The van der Waals surface area contributed by atoms with Crippen molar-refractivity contribution in [1.82, 2.24) is 0 Å². The first-order valence-electron chi connectivity index (χ1n) is 6.47. The highest BCUT2D eigenvalue weighted by Crippen LogP contribution is 2.59. The standard InChI is InChI=1S/C14H28/c1-7-10(3)9-14(6)11(4)13(8-2)12(14)5/h10-13H,7-9H2,1-6H3. The van der Waals surface area contributed by atoms with Gasteiger partial charge in [-0.25, -0.2) is 0 Å². The van der Waals surface area contributed by atoms with Crippen molar-refractivity contribution in [2.75, 3.05) is 0 Å². The van der Waals surface area contributed by atoms with Crippen LogP contribution < -0.4 is 0 Å². The SMILES string of the molecule is CCC(C)CC1(C)C(C)C(CC)C1C. The monoisotopic (exact) mass is 196 g/mol. The second kappa shape index (κ2) is 4.24. The van der Waals surface area contributed by atoms with E-state index >= 15 is 0 Å². The Hall–Kier alpha value is 0. The van der Waals surface area contributed by atoms with Gasteiger partial charge in [0, 0.05) is 0 Å². The smallest absolute Gasteiger partial charge is 0.0266 e. The number of hydrogen-bond acceptors (Lipinski definition) is 0. The van der Waals surface area contributed by atoms with Gasteiger partial charge in [-0.05, 0) is 35.5 Å². The van der Waals surface area contributed by atoms with Gasteiger partial charge in [0.15, 0.2) is 0 Å². The minimum absolute atomic E-state index is 0.635. The minimum Gasteiger partial charge on any atom is -0.0651 e. The molecule has 0 amide bonds. The van der Waals surface area contributed by atoms with Crippen LogP contribution >= 0.6 is 0 Å². The second-order valence-electron chi connectivity index (χ2n) is 5.87. The molecule has 0 nitrogen and oxygen atoms in total. The molecule has 3 atom stereocenters. The predicted octanol–water partition coefficient (Wildman–Crippen LogP) is 4.74. The summed E-state index contributed by atoms with van der Waals surface area (Å²) in [6.07, 6.45) is 4.15. The molecule has 0 heteroatoms. The van der Waals surface area contributed by atoms with Crippen LogP contribution in [0, 0.1) is 29.1 Å². The van der Waals surface area contributed by atoms with E-state index in [0.29, 0.717) is 5.41 Å². The lowest BCUT2D eigenvalue weighted by molar-refractivity contribution is -0.106.